The molecular weight excluding hydrogens is 114 g/mol. The van der Waals surface area contributed by atoms with Crippen LogP contribution >= 0.6 is 0 Å². The largest absolute Gasteiger partial charge is 0.400 e. The lowest BCUT2D eigenvalue weighted by Gasteiger charge is -2.02. The molecule has 2 N–H and O–H groups in total. The van der Waals surface area contributed by atoms with Crippen molar-refractivity contribution in [2.24, 2.45) is 5.73 Å². The first-order valence-electron chi connectivity index (χ1n) is 3.15. The second-order valence-corrected chi connectivity index (χ2v) is 2.09. The summed E-state index contributed by atoms with van der Waals surface area (Å²) in [5, 5.41) is 0. The van der Waals surface area contributed by atoms with Gasteiger partial charge in [0.05, 0.1) is 6.61 Å². The first-order chi connectivity index (χ1) is 4.22. The average molecular weight is 129 g/mol. The van der Waals surface area contributed by atoms with Crippen molar-refractivity contribution < 1.29 is 4.74 Å². The summed E-state index contributed by atoms with van der Waals surface area (Å²) in [5.41, 5.74) is 7.67. The van der Waals surface area contributed by atoms with E-state index in [-0.39, 0.29) is 0 Å². The van der Waals surface area contributed by atoms with Gasteiger partial charge in [0.1, 0.15) is 0 Å². The predicted molar refractivity (Wildman–Crippen MR) is 39.1 cm³/mol. The minimum Gasteiger partial charge on any atom is -0.400 e. The third-order valence-electron chi connectivity index (χ3n) is 1.38. The predicted octanol–water partition coefficient (Wildman–Crippen LogP) is 1.28. The molecule has 0 aliphatic rings. The molecule has 0 aromatic carbocycles. The van der Waals surface area contributed by atoms with Gasteiger partial charge < -0.3 is 10.5 Å². The van der Waals surface area contributed by atoms with Crippen molar-refractivity contribution in [2.75, 3.05) is 13.7 Å². The van der Waals surface area contributed by atoms with E-state index in [1.54, 1.807) is 7.11 Å². The number of rotatable bonds is 3. The van der Waals surface area contributed by atoms with Gasteiger partial charge in [-0.3, -0.25) is 0 Å². The molecule has 0 fully saturated rings. The second kappa shape index (κ2) is 4.39. The van der Waals surface area contributed by atoms with E-state index in [0.717, 1.165) is 12.1 Å². The smallest absolute Gasteiger partial charge is 0.0855 e. The van der Waals surface area contributed by atoms with Gasteiger partial charge in [0.2, 0.25) is 0 Å². The molecule has 0 saturated heterocycles. The fourth-order valence-electron chi connectivity index (χ4n) is 0.506. The molecule has 0 aliphatic heterocycles. The standard InChI is InChI=1S/C7H15NO/c1-4-6(2)7(8)5-9-3/h4-5,8H2,1-3H3/b7-6+. The van der Waals surface area contributed by atoms with E-state index < -0.39 is 0 Å². The van der Waals surface area contributed by atoms with Crippen LogP contribution in [0.15, 0.2) is 11.3 Å². The van der Waals surface area contributed by atoms with Crippen molar-refractivity contribution in [3.8, 4) is 0 Å². The molecule has 0 spiro atoms. The maximum absolute atomic E-state index is 5.59. The quantitative estimate of drug-likeness (QED) is 0.623. The lowest BCUT2D eigenvalue weighted by atomic mass is 10.2. The molecule has 0 amide bonds. The minimum atomic E-state index is 0.555. The van der Waals surface area contributed by atoms with Crippen LogP contribution in [0.5, 0.6) is 0 Å². The lowest BCUT2D eigenvalue weighted by molar-refractivity contribution is 0.223. The van der Waals surface area contributed by atoms with Gasteiger partial charge in [-0.2, -0.15) is 0 Å². The van der Waals surface area contributed by atoms with Crippen LogP contribution in [0.4, 0.5) is 0 Å². The molecule has 9 heavy (non-hydrogen) atoms. The van der Waals surface area contributed by atoms with Gasteiger partial charge in [-0.1, -0.05) is 12.5 Å². The number of allylic oxidation sites excluding steroid dienone is 1. The topological polar surface area (TPSA) is 35.2 Å². The van der Waals surface area contributed by atoms with Gasteiger partial charge in [-0.05, 0) is 13.3 Å². The zero-order valence-electron chi connectivity index (χ0n) is 6.40. The van der Waals surface area contributed by atoms with Crippen molar-refractivity contribution in [1.29, 1.82) is 0 Å². The van der Waals surface area contributed by atoms with Crippen LogP contribution in [0, 0.1) is 0 Å². The second-order valence-electron chi connectivity index (χ2n) is 2.09. The van der Waals surface area contributed by atoms with Crippen molar-refractivity contribution in [3.63, 3.8) is 0 Å². The number of hydrogen-bond donors (Lipinski definition) is 1. The van der Waals surface area contributed by atoms with Crippen LogP contribution in [0.25, 0.3) is 0 Å². The molecular formula is C7H15NO. The maximum Gasteiger partial charge on any atom is 0.0855 e. The summed E-state index contributed by atoms with van der Waals surface area (Å²) >= 11 is 0. The monoisotopic (exact) mass is 129 g/mol. The number of ether oxygens (including phenoxy) is 1. The van der Waals surface area contributed by atoms with Gasteiger partial charge in [-0.25, -0.2) is 0 Å². The molecule has 0 aliphatic carbocycles. The Bertz CT molecular complexity index is 107. The van der Waals surface area contributed by atoms with Crippen molar-refractivity contribution in [1.82, 2.24) is 0 Å². The highest BCUT2D eigenvalue weighted by molar-refractivity contribution is 5.07. The van der Waals surface area contributed by atoms with Crippen molar-refractivity contribution >= 4 is 0 Å². The highest BCUT2D eigenvalue weighted by atomic mass is 16.5. The molecule has 0 unspecified atom stereocenters. The Hall–Kier alpha value is -0.500. The summed E-state index contributed by atoms with van der Waals surface area (Å²) in [7, 11) is 1.65. The Morgan fingerprint density at radius 2 is 2.11 bits per heavy atom. The fourth-order valence-corrected chi connectivity index (χ4v) is 0.506. The normalized spacial score (nSPS) is 13.2. The molecule has 2 nitrogen and oxygen atoms in total. The molecule has 0 aromatic rings. The average Bonchev–Trinajstić information content (AvgIpc) is 1.87. The Balaban J connectivity index is 3.78. The van der Waals surface area contributed by atoms with Crippen LogP contribution < -0.4 is 5.73 Å². The molecule has 0 rings (SSSR count). The van der Waals surface area contributed by atoms with Crippen LogP contribution in [-0.4, -0.2) is 13.7 Å². The van der Waals surface area contributed by atoms with Crippen LogP contribution in [0.3, 0.4) is 0 Å². The van der Waals surface area contributed by atoms with E-state index in [0.29, 0.717) is 6.61 Å². The summed E-state index contributed by atoms with van der Waals surface area (Å²) < 4.78 is 4.84. The SMILES string of the molecule is CC/C(C)=C(/N)COC. The van der Waals surface area contributed by atoms with E-state index in [2.05, 4.69) is 6.92 Å². The van der Waals surface area contributed by atoms with E-state index in [4.69, 9.17) is 10.5 Å². The van der Waals surface area contributed by atoms with Crippen LogP contribution in [0.2, 0.25) is 0 Å². The summed E-state index contributed by atoms with van der Waals surface area (Å²) in [6.07, 6.45) is 1.01. The highest BCUT2D eigenvalue weighted by Gasteiger charge is 1.92. The third kappa shape index (κ3) is 3.14. The Kier molecular flexibility index (Phi) is 4.14. The molecule has 2 heteroatoms. The lowest BCUT2D eigenvalue weighted by Crippen LogP contribution is -2.06. The van der Waals surface area contributed by atoms with Crippen molar-refractivity contribution in [3.05, 3.63) is 11.3 Å². The first-order valence-corrected chi connectivity index (χ1v) is 3.15. The zero-order chi connectivity index (χ0) is 7.28. The Morgan fingerprint density at radius 3 is 2.44 bits per heavy atom. The summed E-state index contributed by atoms with van der Waals surface area (Å²) in [6.45, 7) is 4.66. The van der Waals surface area contributed by atoms with Gasteiger partial charge in [0.25, 0.3) is 0 Å². The van der Waals surface area contributed by atoms with Gasteiger partial charge in [-0.15, -0.1) is 0 Å². The zero-order valence-corrected chi connectivity index (χ0v) is 6.40. The summed E-state index contributed by atoms with van der Waals surface area (Å²) in [4.78, 5) is 0. The number of methoxy groups -OCH3 is 1. The summed E-state index contributed by atoms with van der Waals surface area (Å²) in [5.74, 6) is 0. The molecule has 0 bridgehead atoms. The molecule has 0 heterocycles. The fraction of sp³-hybridized carbons (Fsp3) is 0.714. The number of nitrogens with two attached hydrogens (primary N) is 1. The molecule has 0 atom stereocenters. The van der Waals surface area contributed by atoms with Gasteiger partial charge >= 0.3 is 0 Å². The maximum atomic E-state index is 5.59. The van der Waals surface area contributed by atoms with Gasteiger partial charge in [0.15, 0.2) is 0 Å². The van der Waals surface area contributed by atoms with Crippen molar-refractivity contribution in [2.45, 2.75) is 20.3 Å². The van der Waals surface area contributed by atoms with E-state index >= 15 is 0 Å². The van der Waals surface area contributed by atoms with Gasteiger partial charge in [0, 0.05) is 12.8 Å². The van der Waals surface area contributed by atoms with E-state index in [9.17, 15) is 0 Å². The Labute approximate surface area is 56.7 Å². The highest BCUT2D eigenvalue weighted by Crippen LogP contribution is 2.01. The third-order valence-corrected chi connectivity index (χ3v) is 1.38. The van der Waals surface area contributed by atoms with Crippen LogP contribution in [0.1, 0.15) is 20.3 Å². The number of hydrogen-bond acceptors (Lipinski definition) is 2. The van der Waals surface area contributed by atoms with Crippen LogP contribution in [-0.2, 0) is 4.74 Å². The molecule has 0 radical (unpaired) electrons. The minimum absolute atomic E-state index is 0.555. The summed E-state index contributed by atoms with van der Waals surface area (Å²) in [6, 6.07) is 0. The van der Waals surface area contributed by atoms with E-state index in [1.807, 2.05) is 6.92 Å². The molecule has 54 valence electrons. The van der Waals surface area contributed by atoms with E-state index in [1.165, 1.54) is 5.57 Å². The molecule has 0 aromatic heterocycles. The molecule has 0 saturated carbocycles. The first kappa shape index (κ1) is 8.50. The Morgan fingerprint density at radius 1 is 1.56 bits per heavy atom.